The molecular weight excluding hydrogens is 332 g/mol. The third-order valence-electron chi connectivity index (χ3n) is 3.12. The molecule has 3 N–H and O–H groups in total. The molecule has 9 heteroatoms. The fourth-order valence-electron chi connectivity index (χ4n) is 1.91. The van der Waals surface area contributed by atoms with Crippen molar-refractivity contribution in [2.24, 2.45) is 5.73 Å². The summed E-state index contributed by atoms with van der Waals surface area (Å²) in [6.45, 7) is 5.57. The lowest BCUT2D eigenvalue weighted by molar-refractivity contribution is -0.149. The minimum absolute atomic E-state index is 0.0278. The molecule has 0 saturated carbocycles. The molecular formula is C16H28N2O7. The van der Waals surface area contributed by atoms with E-state index >= 15 is 0 Å². The highest BCUT2D eigenvalue weighted by Gasteiger charge is 2.24. The summed E-state index contributed by atoms with van der Waals surface area (Å²) in [6.07, 6.45) is 0.0562. The van der Waals surface area contributed by atoms with Crippen molar-refractivity contribution in [3.8, 4) is 0 Å². The van der Waals surface area contributed by atoms with Crippen LogP contribution >= 0.6 is 0 Å². The van der Waals surface area contributed by atoms with Crippen LogP contribution in [0, 0.1) is 0 Å². The highest BCUT2D eigenvalue weighted by Crippen LogP contribution is 2.05. The highest BCUT2D eigenvalue weighted by molar-refractivity contribution is 5.85. The molecule has 0 unspecified atom stereocenters. The molecule has 0 radical (unpaired) electrons. The molecule has 0 bridgehead atoms. The summed E-state index contributed by atoms with van der Waals surface area (Å²) >= 11 is 0. The van der Waals surface area contributed by atoms with Gasteiger partial charge in [-0.15, -0.1) is 0 Å². The normalized spacial score (nSPS) is 12.6. The Morgan fingerprint density at radius 3 is 1.96 bits per heavy atom. The van der Waals surface area contributed by atoms with Crippen molar-refractivity contribution < 1.29 is 33.4 Å². The van der Waals surface area contributed by atoms with Gasteiger partial charge in [-0.2, -0.15) is 0 Å². The van der Waals surface area contributed by atoms with Gasteiger partial charge in [0.1, 0.15) is 12.1 Å². The Morgan fingerprint density at radius 1 is 0.840 bits per heavy atom. The number of carbonyl (C=O) groups excluding carboxylic acids is 4. The van der Waals surface area contributed by atoms with Crippen LogP contribution in [-0.2, 0) is 33.4 Å². The molecule has 2 atom stereocenters. The zero-order valence-corrected chi connectivity index (χ0v) is 15.0. The second-order valence-electron chi connectivity index (χ2n) is 5.11. The van der Waals surface area contributed by atoms with Gasteiger partial charge >= 0.3 is 17.9 Å². The van der Waals surface area contributed by atoms with Crippen LogP contribution in [0.5, 0.6) is 0 Å². The molecule has 0 fully saturated rings. The summed E-state index contributed by atoms with van der Waals surface area (Å²) in [5.41, 5.74) is 5.61. The average Bonchev–Trinajstić information content (AvgIpc) is 2.56. The molecule has 0 aromatic rings. The average molecular weight is 360 g/mol. The molecule has 144 valence electrons. The summed E-state index contributed by atoms with van der Waals surface area (Å²) < 4.78 is 14.4. The van der Waals surface area contributed by atoms with Gasteiger partial charge in [-0.3, -0.25) is 14.4 Å². The van der Waals surface area contributed by atoms with Gasteiger partial charge in [-0.25, -0.2) is 4.79 Å². The number of carbonyl (C=O) groups is 4. The standard InChI is InChI=1S/C16H28N2O7/c1-4-23-14(20)10-8-12(16(22)25-6-3)18-13(19)9-7-11(17)15(21)24-5-2/h11-12H,4-10,17H2,1-3H3,(H,18,19)/t11-,12+/m0/s1. The van der Waals surface area contributed by atoms with Gasteiger partial charge in [0, 0.05) is 12.8 Å². The van der Waals surface area contributed by atoms with Crippen molar-refractivity contribution in [1.29, 1.82) is 0 Å². The topological polar surface area (TPSA) is 134 Å². The predicted molar refractivity (Wildman–Crippen MR) is 88.3 cm³/mol. The molecule has 0 aliphatic carbocycles. The van der Waals surface area contributed by atoms with Crippen LogP contribution in [0.2, 0.25) is 0 Å². The van der Waals surface area contributed by atoms with Gasteiger partial charge < -0.3 is 25.3 Å². The fraction of sp³-hybridized carbons (Fsp3) is 0.750. The summed E-state index contributed by atoms with van der Waals surface area (Å²) in [5.74, 6) is -2.15. The third kappa shape index (κ3) is 10.3. The van der Waals surface area contributed by atoms with E-state index < -0.39 is 35.9 Å². The van der Waals surface area contributed by atoms with E-state index in [0.29, 0.717) is 0 Å². The zero-order valence-electron chi connectivity index (χ0n) is 15.0. The molecule has 0 spiro atoms. The van der Waals surface area contributed by atoms with Crippen LogP contribution in [0.25, 0.3) is 0 Å². The van der Waals surface area contributed by atoms with E-state index in [9.17, 15) is 19.2 Å². The highest BCUT2D eigenvalue weighted by atomic mass is 16.5. The number of nitrogens with two attached hydrogens (primary N) is 1. The lowest BCUT2D eigenvalue weighted by Gasteiger charge is -2.17. The summed E-state index contributed by atoms with van der Waals surface area (Å²) in [5, 5.41) is 2.50. The smallest absolute Gasteiger partial charge is 0.328 e. The van der Waals surface area contributed by atoms with Crippen molar-refractivity contribution in [1.82, 2.24) is 5.32 Å². The van der Waals surface area contributed by atoms with Crippen molar-refractivity contribution in [3.05, 3.63) is 0 Å². The number of hydrogen-bond acceptors (Lipinski definition) is 8. The number of nitrogens with one attached hydrogen (secondary N) is 1. The van der Waals surface area contributed by atoms with Gasteiger partial charge in [-0.1, -0.05) is 0 Å². The first-order chi connectivity index (χ1) is 11.8. The number of amides is 1. The second-order valence-corrected chi connectivity index (χ2v) is 5.11. The predicted octanol–water partition coefficient (Wildman–Crippen LogP) is 0.0482. The van der Waals surface area contributed by atoms with Crippen LogP contribution in [0.15, 0.2) is 0 Å². The number of rotatable bonds is 12. The Hall–Kier alpha value is -2.16. The monoisotopic (exact) mass is 360 g/mol. The SMILES string of the molecule is CCOC(=O)CC[C@@H](NC(=O)CC[C@H](N)C(=O)OCC)C(=O)OCC. The Morgan fingerprint density at radius 2 is 1.40 bits per heavy atom. The van der Waals surface area contributed by atoms with Crippen LogP contribution < -0.4 is 11.1 Å². The lowest BCUT2D eigenvalue weighted by atomic mass is 10.1. The maximum absolute atomic E-state index is 12.0. The van der Waals surface area contributed by atoms with Crippen molar-refractivity contribution in [2.75, 3.05) is 19.8 Å². The minimum atomic E-state index is -0.962. The van der Waals surface area contributed by atoms with Crippen LogP contribution in [0.3, 0.4) is 0 Å². The van der Waals surface area contributed by atoms with Gasteiger partial charge in [0.2, 0.25) is 5.91 Å². The maximum atomic E-state index is 12.0. The largest absolute Gasteiger partial charge is 0.466 e. The summed E-state index contributed by atoms with van der Waals surface area (Å²) in [6, 6.07) is -1.87. The quantitative estimate of drug-likeness (QED) is 0.368. The Bertz CT molecular complexity index is 454. The van der Waals surface area contributed by atoms with Gasteiger partial charge in [0.25, 0.3) is 0 Å². The van der Waals surface area contributed by atoms with Crippen molar-refractivity contribution in [3.63, 3.8) is 0 Å². The van der Waals surface area contributed by atoms with Crippen molar-refractivity contribution in [2.45, 2.75) is 58.5 Å². The second kappa shape index (κ2) is 13.2. The molecule has 9 nitrogen and oxygen atoms in total. The molecule has 1 amide bonds. The molecule has 0 aliphatic heterocycles. The Balaban J connectivity index is 4.51. The van der Waals surface area contributed by atoms with Crippen LogP contribution in [0.4, 0.5) is 0 Å². The van der Waals surface area contributed by atoms with E-state index in [1.165, 1.54) is 0 Å². The first kappa shape index (κ1) is 22.8. The third-order valence-corrected chi connectivity index (χ3v) is 3.12. The molecule has 0 aliphatic rings. The van der Waals surface area contributed by atoms with Gasteiger partial charge in [0.05, 0.1) is 19.8 Å². The van der Waals surface area contributed by atoms with E-state index in [2.05, 4.69) is 5.32 Å². The summed E-state index contributed by atoms with van der Waals surface area (Å²) in [4.78, 5) is 46.7. The maximum Gasteiger partial charge on any atom is 0.328 e. The molecule has 0 aromatic heterocycles. The lowest BCUT2D eigenvalue weighted by Crippen LogP contribution is -2.43. The van der Waals surface area contributed by atoms with E-state index in [1.54, 1.807) is 20.8 Å². The van der Waals surface area contributed by atoms with E-state index in [0.717, 1.165) is 0 Å². The van der Waals surface area contributed by atoms with Crippen LogP contribution in [0.1, 0.15) is 46.5 Å². The van der Waals surface area contributed by atoms with Gasteiger partial charge in [-0.05, 0) is 33.6 Å². The Kier molecular flexibility index (Phi) is 12.0. The van der Waals surface area contributed by atoms with E-state index in [4.69, 9.17) is 19.9 Å². The fourth-order valence-corrected chi connectivity index (χ4v) is 1.91. The van der Waals surface area contributed by atoms with E-state index in [-0.39, 0.29) is 45.5 Å². The molecule has 0 saturated heterocycles. The van der Waals surface area contributed by atoms with Crippen molar-refractivity contribution >= 4 is 23.8 Å². The first-order valence-electron chi connectivity index (χ1n) is 8.39. The number of hydrogen-bond donors (Lipinski definition) is 2. The molecule has 0 aromatic carbocycles. The molecule has 0 rings (SSSR count). The number of esters is 3. The zero-order chi connectivity index (χ0) is 19.2. The Labute approximate surface area is 147 Å². The minimum Gasteiger partial charge on any atom is -0.466 e. The summed E-state index contributed by atoms with van der Waals surface area (Å²) in [7, 11) is 0. The van der Waals surface area contributed by atoms with Crippen LogP contribution in [-0.4, -0.2) is 55.7 Å². The van der Waals surface area contributed by atoms with Gasteiger partial charge in [0.15, 0.2) is 0 Å². The number of ether oxygens (including phenoxy) is 3. The van der Waals surface area contributed by atoms with E-state index in [1.807, 2.05) is 0 Å². The molecule has 0 heterocycles. The first-order valence-corrected chi connectivity index (χ1v) is 8.39. The molecule has 25 heavy (non-hydrogen) atoms.